The fraction of sp³-hybridized carbons (Fsp3) is 0.500. The standard InChI is InChI=1S/C14H17BrINO/c15-10-13-4-2-1-3-9-17(13)14(18)11-5-7-12(16)8-6-11/h5-8,13H,1-4,9-10H2. The van der Waals surface area contributed by atoms with E-state index in [9.17, 15) is 4.79 Å². The zero-order valence-corrected chi connectivity index (χ0v) is 14.0. The van der Waals surface area contributed by atoms with Crippen LogP contribution in [0, 0.1) is 3.57 Å². The Balaban J connectivity index is 2.17. The van der Waals surface area contributed by atoms with Crippen LogP contribution >= 0.6 is 38.5 Å². The van der Waals surface area contributed by atoms with Crippen LogP contribution in [0.3, 0.4) is 0 Å². The number of alkyl halides is 1. The molecule has 0 aromatic heterocycles. The molecule has 1 aromatic carbocycles. The molecule has 2 rings (SSSR count). The van der Waals surface area contributed by atoms with Crippen LogP contribution in [0.4, 0.5) is 0 Å². The molecule has 1 saturated heterocycles. The number of likely N-dealkylation sites (tertiary alicyclic amines) is 1. The van der Waals surface area contributed by atoms with Crippen molar-refractivity contribution in [1.82, 2.24) is 4.90 Å². The van der Waals surface area contributed by atoms with Gasteiger partial charge in [0.05, 0.1) is 0 Å². The molecule has 0 bridgehead atoms. The lowest BCUT2D eigenvalue weighted by molar-refractivity contribution is 0.0702. The Kier molecular flexibility index (Phi) is 5.48. The van der Waals surface area contributed by atoms with Crippen LogP contribution in [0.15, 0.2) is 24.3 Å². The van der Waals surface area contributed by atoms with Crippen molar-refractivity contribution in [3.63, 3.8) is 0 Å². The number of carbonyl (C=O) groups is 1. The van der Waals surface area contributed by atoms with Crippen LogP contribution in [0.25, 0.3) is 0 Å². The Morgan fingerprint density at radius 2 is 2.00 bits per heavy atom. The van der Waals surface area contributed by atoms with E-state index >= 15 is 0 Å². The number of benzene rings is 1. The number of nitrogens with zero attached hydrogens (tertiary/aromatic N) is 1. The molecule has 1 aromatic rings. The molecular formula is C14H17BrINO. The lowest BCUT2D eigenvalue weighted by Crippen LogP contribution is -2.41. The van der Waals surface area contributed by atoms with Gasteiger partial charge in [-0.2, -0.15) is 0 Å². The third kappa shape index (κ3) is 3.47. The van der Waals surface area contributed by atoms with Gasteiger partial charge in [0.1, 0.15) is 0 Å². The molecule has 0 aliphatic carbocycles. The van der Waals surface area contributed by atoms with Gasteiger partial charge in [-0.3, -0.25) is 4.79 Å². The molecule has 0 spiro atoms. The second kappa shape index (κ2) is 6.89. The molecule has 98 valence electrons. The lowest BCUT2D eigenvalue weighted by atomic mass is 10.1. The van der Waals surface area contributed by atoms with Gasteiger partial charge < -0.3 is 4.90 Å². The summed E-state index contributed by atoms with van der Waals surface area (Å²) in [6, 6.07) is 8.20. The van der Waals surface area contributed by atoms with E-state index in [4.69, 9.17) is 0 Å². The molecule has 1 unspecified atom stereocenters. The first-order chi connectivity index (χ1) is 8.72. The molecule has 4 heteroatoms. The van der Waals surface area contributed by atoms with Crippen LogP contribution in [-0.4, -0.2) is 28.7 Å². The topological polar surface area (TPSA) is 20.3 Å². The van der Waals surface area contributed by atoms with Crippen molar-refractivity contribution < 1.29 is 4.79 Å². The van der Waals surface area contributed by atoms with Gasteiger partial charge in [-0.25, -0.2) is 0 Å². The summed E-state index contributed by atoms with van der Waals surface area (Å²) in [5.74, 6) is 0.178. The first-order valence-electron chi connectivity index (χ1n) is 6.35. The molecule has 1 amide bonds. The van der Waals surface area contributed by atoms with Crippen molar-refractivity contribution in [2.24, 2.45) is 0 Å². The molecule has 1 aliphatic heterocycles. The van der Waals surface area contributed by atoms with Gasteiger partial charge in [0.2, 0.25) is 0 Å². The fourth-order valence-corrected chi connectivity index (χ4v) is 3.40. The van der Waals surface area contributed by atoms with Crippen molar-refractivity contribution in [3.05, 3.63) is 33.4 Å². The minimum Gasteiger partial charge on any atom is -0.335 e. The number of amides is 1. The first-order valence-corrected chi connectivity index (χ1v) is 8.55. The summed E-state index contributed by atoms with van der Waals surface area (Å²) in [7, 11) is 0. The zero-order chi connectivity index (χ0) is 13.0. The van der Waals surface area contributed by atoms with Gasteiger partial charge in [0.15, 0.2) is 0 Å². The number of hydrogen-bond donors (Lipinski definition) is 0. The van der Waals surface area contributed by atoms with Crippen LogP contribution in [-0.2, 0) is 0 Å². The third-order valence-electron chi connectivity index (χ3n) is 3.41. The predicted molar refractivity (Wildman–Crippen MR) is 86.2 cm³/mol. The highest BCUT2D eigenvalue weighted by atomic mass is 127. The van der Waals surface area contributed by atoms with E-state index in [1.54, 1.807) is 0 Å². The second-order valence-electron chi connectivity index (χ2n) is 4.66. The van der Waals surface area contributed by atoms with Crippen molar-refractivity contribution in [1.29, 1.82) is 0 Å². The smallest absolute Gasteiger partial charge is 0.254 e. The molecule has 1 aliphatic rings. The van der Waals surface area contributed by atoms with Crippen LogP contribution in [0.2, 0.25) is 0 Å². The highest BCUT2D eigenvalue weighted by Gasteiger charge is 2.25. The summed E-state index contributed by atoms with van der Waals surface area (Å²) in [6.07, 6.45) is 4.70. The van der Waals surface area contributed by atoms with Crippen LogP contribution in [0.5, 0.6) is 0 Å². The summed E-state index contributed by atoms with van der Waals surface area (Å²) >= 11 is 5.80. The highest BCUT2D eigenvalue weighted by Crippen LogP contribution is 2.21. The summed E-state index contributed by atoms with van der Waals surface area (Å²) in [6.45, 7) is 0.890. The molecular weight excluding hydrogens is 405 g/mol. The van der Waals surface area contributed by atoms with E-state index in [-0.39, 0.29) is 5.91 Å². The molecule has 1 atom stereocenters. The van der Waals surface area contributed by atoms with Gasteiger partial charge >= 0.3 is 0 Å². The monoisotopic (exact) mass is 421 g/mol. The Morgan fingerprint density at radius 3 is 2.67 bits per heavy atom. The van der Waals surface area contributed by atoms with E-state index < -0.39 is 0 Å². The number of carbonyl (C=O) groups excluding carboxylic acids is 1. The van der Waals surface area contributed by atoms with Gasteiger partial charge in [-0.1, -0.05) is 28.8 Å². The van der Waals surface area contributed by atoms with Crippen LogP contribution < -0.4 is 0 Å². The Hall–Kier alpha value is -0.100. The summed E-state index contributed by atoms with van der Waals surface area (Å²) in [5, 5.41) is 0.878. The summed E-state index contributed by atoms with van der Waals surface area (Å²) in [5.41, 5.74) is 0.809. The average molecular weight is 422 g/mol. The maximum atomic E-state index is 12.5. The number of hydrogen-bond acceptors (Lipinski definition) is 1. The van der Waals surface area contributed by atoms with Gasteiger partial charge in [0, 0.05) is 27.1 Å². The molecule has 0 radical (unpaired) electrons. The Labute approximate surface area is 130 Å². The van der Waals surface area contributed by atoms with E-state index in [0.717, 1.165) is 33.9 Å². The van der Waals surface area contributed by atoms with Gasteiger partial charge in [-0.05, 0) is 59.7 Å². The van der Waals surface area contributed by atoms with E-state index in [2.05, 4.69) is 38.5 Å². The molecule has 0 saturated carbocycles. The average Bonchev–Trinajstić information content (AvgIpc) is 2.63. The molecule has 2 nitrogen and oxygen atoms in total. The lowest BCUT2D eigenvalue weighted by Gasteiger charge is -2.28. The number of rotatable bonds is 2. The SMILES string of the molecule is O=C(c1ccc(I)cc1)N1CCCCCC1CBr. The van der Waals surface area contributed by atoms with Gasteiger partial charge in [0.25, 0.3) is 5.91 Å². The largest absolute Gasteiger partial charge is 0.335 e. The Bertz CT molecular complexity index is 407. The zero-order valence-electron chi connectivity index (χ0n) is 10.2. The molecule has 1 heterocycles. The molecule has 1 fully saturated rings. The minimum atomic E-state index is 0.178. The minimum absolute atomic E-state index is 0.178. The summed E-state index contributed by atoms with van der Waals surface area (Å²) in [4.78, 5) is 14.6. The van der Waals surface area contributed by atoms with Crippen molar-refractivity contribution in [2.45, 2.75) is 31.7 Å². The second-order valence-corrected chi connectivity index (χ2v) is 6.56. The van der Waals surface area contributed by atoms with E-state index in [0.29, 0.717) is 6.04 Å². The fourth-order valence-electron chi connectivity index (χ4n) is 2.36. The quantitative estimate of drug-likeness (QED) is 0.520. The maximum Gasteiger partial charge on any atom is 0.254 e. The van der Waals surface area contributed by atoms with Gasteiger partial charge in [-0.15, -0.1) is 0 Å². The molecule has 0 N–H and O–H groups in total. The first kappa shape index (κ1) is 14.3. The highest BCUT2D eigenvalue weighted by molar-refractivity contribution is 14.1. The van der Waals surface area contributed by atoms with Crippen molar-refractivity contribution >= 4 is 44.4 Å². The van der Waals surface area contributed by atoms with Crippen molar-refractivity contribution in [3.8, 4) is 0 Å². The Morgan fingerprint density at radius 1 is 1.28 bits per heavy atom. The molecule has 18 heavy (non-hydrogen) atoms. The van der Waals surface area contributed by atoms with E-state index in [1.165, 1.54) is 12.8 Å². The van der Waals surface area contributed by atoms with Crippen molar-refractivity contribution in [2.75, 3.05) is 11.9 Å². The van der Waals surface area contributed by atoms with Crippen LogP contribution in [0.1, 0.15) is 36.0 Å². The van der Waals surface area contributed by atoms with E-state index in [1.807, 2.05) is 29.2 Å². The normalized spacial score (nSPS) is 20.6. The summed E-state index contributed by atoms with van der Waals surface area (Å²) < 4.78 is 1.16. The number of halogens is 2. The maximum absolute atomic E-state index is 12.5. The third-order valence-corrected chi connectivity index (χ3v) is 4.87. The predicted octanol–water partition coefficient (Wildman–Crippen LogP) is 4.07.